The summed E-state index contributed by atoms with van der Waals surface area (Å²) in [5.41, 5.74) is 1.55. The molecule has 0 saturated heterocycles. The van der Waals surface area contributed by atoms with Gasteiger partial charge in [0.2, 0.25) is 0 Å². The van der Waals surface area contributed by atoms with E-state index < -0.39 is 0 Å². The predicted octanol–water partition coefficient (Wildman–Crippen LogP) is 1.64. The van der Waals surface area contributed by atoms with Gasteiger partial charge in [-0.25, -0.2) is 9.67 Å². The Morgan fingerprint density at radius 2 is 2.19 bits per heavy atom. The first-order chi connectivity index (χ1) is 10.0. The van der Waals surface area contributed by atoms with Gasteiger partial charge in [-0.3, -0.25) is 4.79 Å². The van der Waals surface area contributed by atoms with Crippen LogP contribution in [0.4, 0.5) is 0 Å². The van der Waals surface area contributed by atoms with Crippen molar-refractivity contribution in [1.82, 2.24) is 25.0 Å². The maximum absolute atomic E-state index is 11.9. The van der Waals surface area contributed by atoms with Crippen LogP contribution in [0.5, 0.6) is 0 Å². The highest BCUT2D eigenvalue weighted by Gasteiger charge is 2.13. The number of rotatable bonds is 5. The molecule has 1 amide bonds. The van der Waals surface area contributed by atoms with Crippen LogP contribution in [0.15, 0.2) is 30.6 Å². The van der Waals surface area contributed by atoms with Crippen LogP contribution in [0.3, 0.4) is 0 Å². The highest BCUT2D eigenvalue weighted by atomic mass is 16.2. The molecule has 0 spiro atoms. The lowest BCUT2D eigenvalue weighted by Gasteiger charge is -2.13. The normalized spacial score (nSPS) is 12.2. The molecular formula is C15H21N5O. The molecule has 0 aromatic carbocycles. The number of nitrogens with one attached hydrogen (secondary N) is 1. The minimum atomic E-state index is -0.120. The van der Waals surface area contributed by atoms with Gasteiger partial charge in [0, 0.05) is 32.5 Å². The molecule has 1 atom stereocenters. The van der Waals surface area contributed by atoms with E-state index in [1.165, 1.54) is 4.90 Å². The van der Waals surface area contributed by atoms with E-state index in [9.17, 15) is 4.79 Å². The van der Waals surface area contributed by atoms with Crippen molar-refractivity contribution in [3.05, 3.63) is 41.9 Å². The molecular weight excluding hydrogens is 266 g/mol. The van der Waals surface area contributed by atoms with Crippen molar-refractivity contribution < 1.29 is 4.79 Å². The van der Waals surface area contributed by atoms with Gasteiger partial charge in [0.15, 0.2) is 11.5 Å². The first-order valence-electron chi connectivity index (χ1n) is 7.00. The Labute approximate surface area is 124 Å². The van der Waals surface area contributed by atoms with Crippen molar-refractivity contribution in [2.45, 2.75) is 19.9 Å². The minimum Gasteiger partial charge on any atom is -0.343 e. The maximum Gasteiger partial charge on any atom is 0.273 e. The predicted molar refractivity (Wildman–Crippen MR) is 81.5 cm³/mol. The Morgan fingerprint density at radius 3 is 2.86 bits per heavy atom. The number of pyridine rings is 1. The summed E-state index contributed by atoms with van der Waals surface area (Å²) in [7, 11) is 3.41. The summed E-state index contributed by atoms with van der Waals surface area (Å²) < 4.78 is 1.62. The molecule has 0 fully saturated rings. The molecule has 1 unspecified atom stereocenters. The summed E-state index contributed by atoms with van der Waals surface area (Å²) in [6.07, 6.45) is 3.51. The molecule has 2 aromatic heterocycles. The molecule has 112 valence electrons. The van der Waals surface area contributed by atoms with Crippen molar-refractivity contribution in [2.24, 2.45) is 0 Å². The van der Waals surface area contributed by atoms with E-state index in [1.54, 1.807) is 37.2 Å². The fourth-order valence-corrected chi connectivity index (χ4v) is 2.05. The summed E-state index contributed by atoms with van der Waals surface area (Å²) >= 11 is 0. The van der Waals surface area contributed by atoms with Crippen LogP contribution < -0.4 is 5.32 Å². The van der Waals surface area contributed by atoms with E-state index in [0.29, 0.717) is 11.5 Å². The van der Waals surface area contributed by atoms with Crippen LogP contribution in [0.2, 0.25) is 0 Å². The molecule has 2 heterocycles. The van der Waals surface area contributed by atoms with Gasteiger partial charge in [0.1, 0.15) is 0 Å². The van der Waals surface area contributed by atoms with Crippen LogP contribution in [0, 0.1) is 0 Å². The van der Waals surface area contributed by atoms with E-state index >= 15 is 0 Å². The monoisotopic (exact) mass is 287 g/mol. The molecule has 6 heteroatoms. The Balaban J connectivity index is 2.26. The van der Waals surface area contributed by atoms with Gasteiger partial charge in [0.05, 0.1) is 0 Å². The number of aromatic nitrogens is 3. The Morgan fingerprint density at radius 1 is 1.43 bits per heavy atom. The van der Waals surface area contributed by atoms with E-state index in [0.717, 1.165) is 12.1 Å². The quantitative estimate of drug-likeness (QED) is 0.908. The lowest BCUT2D eigenvalue weighted by molar-refractivity contribution is 0.0821. The molecule has 6 nitrogen and oxygen atoms in total. The lowest BCUT2D eigenvalue weighted by Crippen LogP contribution is -2.22. The van der Waals surface area contributed by atoms with Gasteiger partial charge in [-0.05, 0) is 37.2 Å². The van der Waals surface area contributed by atoms with Gasteiger partial charge < -0.3 is 10.2 Å². The number of hydrogen-bond donors (Lipinski definition) is 1. The molecule has 0 radical (unpaired) electrons. The highest BCUT2D eigenvalue weighted by Crippen LogP contribution is 2.14. The summed E-state index contributed by atoms with van der Waals surface area (Å²) in [6.45, 7) is 5.08. The summed E-state index contributed by atoms with van der Waals surface area (Å²) in [4.78, 5) is 17.7. The molecule has 1 N–H and O–H groups in total. The third kappa shape index (κ3) is 3.46. The van der Waals surface area contributed by atoms with E-state index in [-0.39, 0.29) is 11.9 Å². The van der Waals surface area contributed by atoms with Crippen molar-refractivity contribution in [1.29, 1.82) is 0 Å². The number of hydrogen-bond acceptors (Lipinski definition) is 4. The Bertz CT molecular complexity index is 620. The third-order valence-electron chi connectivity index (χ3n) is 3.23. The van der Waals surface area contributed by atoms with E-state index in [4.69, 9.17) is 0 Å². The smallest absolute Gasteiger partial charge is 0.273 e. The zero-order chi connectivity index (χ0) is 15.4. The molecule has 2 aromatic rings. The topological polar surface area (TPSA) is 63.1 Å². The van der Waals surface area contributed by atoms with Gasteiger partial charge in [0.25, 0.3) is 5.91 Å². The average molecular weight is 287 g/mol. The van der Waals surface area contributed by atoms with Crippen LogP contribution in [-0.4, -0.2) is 46.2 Å². The zero-order valence-corrected chi connectivity index (χ0v) is 12.9. The van der Waals surface area contributed by atoms with E-state index in [1.807, 2.05) is 12.1 Å². The van der Waals surface area contributed by atoms with Gasteiger partial charge in [-0.1, -0.05) is 6.92 Å². The number of carbonyl (C=O) groups excluding carboxylic acids is 1. The van der Waals surface area contributed by atoms with E-state index in [2.05, 4.69) is 29.2 Å². The highest BCUT2D eigenvalue weighted by molar-refractivity contribution is 5.91. The SMILES string of the molecule is CCNC(C)c1ccnc(-n2ccc(C(=O)N(C)C)n2)c1. The summed E-state index contributed by atoms with van der Waals surface area (Å²) in [5, 5.41) is 7.65. The molecule has 21 heavy (non-hydrogen) atoms. The fraction of sp³-hybridized carbons (Fsp3) is 0.400. The van der Waals surface area contributed by atoms with Crippen LogP contribution >= 0.6 is 0 Å². The van der Waals surface area contributed by atoms with Gasteiger partial charge >= 0.3 is 0 Å². The molecule has 2 rings (SSSR count). The molecule has 0 aliphatic carbocycles. The van der Waals surface area contributed by atoms with Crippen LogP contribution in [-0.2, 0) is 0 Å². The van der Waals surface area contributed by atoms with Crippen molar-refractivity contribution in [3.63, 3.8) is 0 Å². The fourth-order valence-electron chi connectivity index (χ4n) is 2.05. The maximum atomic E-state index is 11.9. The second-order valence-electron chi connectivity index (χ2n) is 5.07. The first-order valence-corrected chi connectivity index (χ1v) is 7.00. The Kier molecular flexibility index (Phi) is 4.70. The van der Waals surface area contributed by atoms with Crippen molar-refractivity contribution >= 4 is 5.91 Å². The third-order valence-corrected chi connectivity index (χ3v) is 3.23. The molecule has 0 bridgehead atoms. The largest absolute Gasteiger partial charge is 0.343 e. The summed E-state index contributed by atoms with van der Waals surface area (Å²) in [6, 6.07) is 5.90. The minimum absolute atomic E-state index is 0.120. The van der Waals surface area contributed by atoms with Crippen LogP contribution in [0.25, 0.3) is 5.82 Å². The Hall–Kier alpha value is -2.21. The number of nitrogens with zero attached hydrogens (tertiary/aromatic N) is 4. The second-order valence-corrected chi connectivity index (χ2v) is 5.07. The second kappa shape index (κ2) is 6.49. The first kappa shape index (κ1) is 15.2. The number of amides is 1. The lowest BCUT2D eigenvalue weighted by atomic mass is 10.1. The van der Waals surface area contributed by atoms with Crippen molar-refractivity contribution in [3.8, 4) is 5.82 Å². The zero-order valence-electron chi connectivity index (χ0n) is 12.9. The molecule has 0 aliphatic heterocycles. The number of carbonyl (C=O) groups is 1. The molecule has 0 aliphatic rings. The summed E-state index contributed by atoms with van der Waals surface area (Å²) in [5.74, 6) is 0.584. The van der Waals surface area contributed by atoms with Crippen molar-refractivity contribution in [2.75, 3.05) is 20.6 Å². The van der Waals surface area contributed by atoms with Gasteiger partial charge in [-0.15, -0.1) is 0 Å². The van der Waals surface area contributed by atoms with Crippen LogP contribution in [0.1, 0.15) is 35.9 Å². The average Bonchev–Trinajstić information content (AvgIpc) is 2.96. The molecule has 0 saturated carbocycles. The van der Waals surface area contributed by atoms with Gasteiger partial charge in [-0.2, -0.15) is 5.10 Å². The standard InChI is InChI=1S/C15H21N5O/c1-5-16-11(2)12-6-8-17-14(10-12)20-9-7-13(18-20)15(21)19(3)4/h6-11,16H,5H2,1-4H3.